The molecule has 2 heterocycles. The van der Waals surface area contributed by atoms with Crippen LogP contribution in [0.2, 0.25) is 0 Å². The van der Waals surface area contributed by atoms with Crippen molar-refractivity contribution in [2.45, 2.75) is 19.8 Å². The van der Waals surface area contributed by atoms with E-state index in [1.165, 1.54) is 12.3 Å². The molecule has 0 N–H and O–H groups in total. The number of hydrogen-bond donors (Lipinski definition) is 0. The Labute approximate surface area is 87.9 Å². The molecular weight excluding hydrogens is 195 g/mol. The highest BCUT2D eigenvalue weighted by atomic mass is 19.1. The predicted octanol–water partition coefficient (Wildman–Crippen LogP) is 1.98. The Balaban J connectivity index is 2.22. The minimum absolute atomic E-state index is 0.0591. The Bertz CT molecular complexity index is 363. The second-order valence-corrected chi connectivity index (χ2v) is 3.87. The van der Waals surface area contributed by atoms with Gasteiger partial charge in [-0.05, 0) is 25.0 Å². The van der Waals surface area contributed by atoms with Gasteiger partial charge < -0.3 is 4.90 Å². The highest BCUT2D eigenvalue weighted by Gasteiger charge is 2.26. The minimum Gasteiger partial charge on any atom is -0.311 e. The number of pyridine rings is 1. The average molecular weight is 208 g/mol. The molecule has 0 spiro atoms. The van der Waals surface area contributed by atoms with Crippen molar-refractivity contribution in [2.75, 3.05) is 11.4 Å². The van der Waals surface area contributed by atoms with Crippen LogP contribution in [0.1, 0.15) is 19.8 Å². The van der Waals surface area contributed by atoms with E-state index in [1.807, 2.05) is 6.92 Å². The zero-order chi connectivity index (χ0) is 10.8. The monoisotopic (exact) mass is 208 g/mol. The first-order valence-electron chi connectivity index (χ1n) is 5.11. The Morgan fingerprint density at radius 2 is 2.33 bits per heavy atom. The molecule has 1 aliphatic rings. The molecule has 0 aliphatic carbocycles. The molecule has 1 atom stereocenters. The van der Waals surface area contributed by atoms with Crippen LogP contribution in [0.25, 0.3) is 0 Å². The van der Waals surface area contributed by atoms with Crippen LogP contribution in [-0.2, 0) is 4.79 Å². The zero-order valence-electron chi connectivity index (χ0n) is 8.61. The standard InChI is InChI=1S/C11H13FN2O/c1-8-3-2-6-14(11(8)15)9-4-5-10(12)13-7-9/h4-5,7-8H,2-3,6H2,1H3. The SMILES string of the molecule is CC1CCCN(c2ccc(F)nc2)C1=O. The first kappa shape index (κ1) is 10.1. The number of halogens is 1. The maximum absolute atomic E-state index is 12.6. The number of nitrogens with zero attached hydrogens (tertiary/aromatic N) is 2. The number of anilines is 1. The molecule has 3 nitrogen and oxygen atoms in total. The summed E-state index contributed by atoms with van der Waals surface area (Å²) in [6, 6.07) is 2.88. The fourth-order valence-electron chi connectivity index (χ4n) is 1.84. The number of hydrogen-bond acceptors (Lipinski definition) is 2. The van der Waals surface area contributed by atoms with Crippen molar-refractivity contribution in [2.24, 2.45) is 5.92 Å². The lowest BCUT2D eigenvalue weighted by Crippen LogP contribution is -2.40. The molecule has 2 rings (SSSR count). The number of amides is 1. The molecular formula is C11H13FN2O. The van der Waals surface area contributed by atoms with E-state index in [2.05, 4.69) is 4.98 Å². The molecule has 0 saturated carbocycles. The van der Waals surface area contributed by atoms with E-state index in [0.717, 1.165) is 12.8 Å². The molecule has 15 heavy (non-hydrogen) atoms. The zero-order valence-corrected chi connectivity index (χ0v) is 8.61. The van der Waals surface area contributed by atoms with E-state index < -0.39 is 5.95 Å². The van der Waals surface area contributed by atoms with Gasteiger partial charge in [0.2, 0.25) is 11.9 Å². The van der Waals surface area contributed by atoms with E-state index in [9.17, 15) is 9.18 Å². The van der Waals surface area contributed by atoms with Crippen LogP contribution in [-0.4, -0.2) is 17.4 Å². The van der Waals surface area contributed by atoms with Gasteiger partial charge in [0.25, 0.3) is 0 Å². The molecule has 1 aromatic rings. The van der Waals surface area contributed by atoms with Gasteiger partial charge in [-0.1, -0.05) is 6.92 Å². The maximum Gasteiger partial charge on any atom is 0.229 e. The molecule has 4 heteroatoms. The van der Waals surface area contributed by atoms with E-state index in [-0.39, 0.29) is 11.8 Å². The van der Waals surface area contributed by atoms with E-state index in [1.54, 1.807) is 11.0 Å². The van der Waals surface area contributed by atoms with Crippen molar-refractivity contribution in [3.05, 3.63) is 24.3 Å². The highest BCUT2D eigenvalue weighted by Crippen LogP contribution is 2.23. The molecule has 0 radical (unpaired) electrons. The van der Waals surface area contributed by atoms with Gasteiger partial charge in [-0.2, -0.15) is 4.39 Å². The van der Waals surface area contributed by atoms with Crippen molar-refractivity contribution in [3.8, 4) is 0 Å². The minimum atomic E-state index is -0.517. The molecule has 1 fully saturated rings. The van der Waals surface area contributed by atoms with Crippen LogP contribution in [0.5, 0.6) is 0 Å². The van der Waals surface area contributed by atoms with Crippen molar-refractivity contribution in [1.82, 2.24) is 4.98 Å². The summed E-state index contributed by atoms with van der Waals surface area (Å²) in [5, 5.41) is 0. The van der Waals surface area contributed by atoms with Crippen molar-refractivity contribution in [3.63, 3.8) is 0 Å². The van der Waals surface area contributed by atoms with Crippen LogP contribution in [0.3, 0.4) is 0 Å². The van der Waals surface area contributed by atoms with Gasteiger partial charge in [0.05, 0.1) is 11.9 Å². The molecule has 1 aromatic heterocycles. The third-order valence-electron chi connectivity index (χ3n) is 2.73. The number of piperidine rings is 1. The van der Waals surface area contributed by atoms with Crippen LogP contribution in [0.4, 0.5) is 10.1 Å². The largest absolute Gasteiger partial charge is 0.311 e. The summed E-state index contributed by atoms with van der Waals surface area (Å²) in [4.78, 5) is 17.0. The van der Waals surface area contributed by atoms with Crippen LogP contribution in [0, 0.1) is 11.9 Å². The van der Waals surface area contributed by atoms with Gasteiger partial charge in [-0.3, -0.25) is 4.79 Å². The van der Waals surface area contributed by atoms with Gasteiger partial charge in [0, 0.05) is 12.5 Å². The first-order valence-corrected chi connectivity index (χ1v) is 5.11. The summed E-state index contributed by atoms with van der Waals surface area (Å²) in [6.07, 6.45) is 3.33. The van der Waals surface area contributed by atoms with E-state index >= 15 is 0 Å². The quantitative estimate of drug-likeness (QED) is 0.661. The number of aromatic nitrogens is 1. The average Bonchev–Trinajstić information content (AvgIpc) is 2.24. The molecule has 0 bridgehead atoms. The normalized spacial score (nSPS) is 21.9. The second-order valence-electron chi connectivity index (χ2n) is 3.87. The molecule has 80 valence electrons. The molecule has 1 aliphatic heterocycles. The third-order valence-corrected chi connectivity index (χ3v) is 2.73. The lowest BCUT2D eigenvalue weighted by Gasteiger charge is -2.30. The summed E-state index contributed by atoms with van der Waals surface area (Å²) in [6.45, 7) is 2.63. The number of carbonyl (C=O) groups excluding carboxylic acids is 1. The fraction of sp³-hybridized carbons (Fsp3) is 0.455. The smallest absolute Gasteiger partial charge is 0.229 e. The fourth-order valence-corrected chi connectivity index (χ4v) is 1.84. The Morgan fingerprint density at radius 3 is 3.00 bits per heavy atom. The van der Waals surface area contributed by atoms with Crippen molar-refractivity contribution < 1.29 is 9.18 Å². The van der Waals surface area contributed by atoms with Gasteiger partial charge in [0.1, 0.15) is 0 Å². The van der Waals surface area contributed by atoms with Crippen LogP contribution < -0.4 is 4.90 Å². The topological polar surface area (TPSA) is 33.2 Å². The van der Waals surface area contributed by atoms with Gasteiger partial charge in [0.15, 0.2) is 0 Å². The summed E-state index contributed by atoms with van der Waals surface area (Å²) in [5.74, 6) is -0.352. The molecule has 0 aromatic carbocycles. The van der Waals surface area contributed by atoms with Crippen LogP contribution >= 0.6 is 0 Å². The van der Waals surface area contributed by atoms with Crippen molar-refractivity contribution in [1.29, 1.82) is 0 Å². The Kier molecular flexibility index (Phi) is 2.66. The maximum atomic E-state index is 12.6. The lowest BCUT2D eigenvalue weighted by molar-refractivity contribution is -0.123. The molecule has 1 unspecified atom stereocenters. The lowest BCUT2D eigenvalue weighted by atomic mass is 9.99. The van der Waals surface area contributed by atoms with Gasteiger partial charge in [-0.25, -0.2) is 4.98 Å². The number of carbonyl (C=O) groups is 1. The summed E-state index contributed by atoms with van der Waals surface area (Å²) >= 11 is 0. The Morgan fingerprint density at radius 1 is 1.53 bits per heavy atom. The predicted molar refractivity (Wildman–Crippen MR) is 54.9 cm³/mol. The summed E-state index contributed by atoms with van der Waals surface area (Å²) in [7, 11) is 0. The second kappa shape index (κ2) is 3.96. The molecule has 1 amide bonds. The third kappa shape index (κ3) is 1.98. The van der Waals surface area contributed by atoms with Crippen molar-refractivity contribution >= 4 is 11.6 Å². The highest BCUT2D eigenvalue weighted by molar-refractivity contribution is 5.95. The van der Waals surface area contributed by atoms with E-state index in [0.29, 0.717) is 12.2 Å². The summed E-state index contributed by atoms with van der Waals surface area (Å²) in [5.41, 5.74) is 0.688. The Hall–Kier alpha value is -1.45. The van der Waals surface area contributed by atoms with Gasteiger partial charge >= 0.3 is 0 Å². The first-order chi connectivity index (χ1) is 7.18. The summed E-state index contributed by atoms with van der Waals surface area (Å²) < 4.78 is 12.6. The number of rotatable bonds is 1. The van der Waals surface area contributed by atoms with Gasteiger partial charge in [-0.15, -0.1) is 0 Å². The molecule has 1 saturated heterocycles. The van der Waals surface area contributed by atoms with Crippen LogP contribution in [0.15, 0.2) is 18.3 Å². The van der Waals surface area contributed by atoms with E-state index in [4.69, 9.17) is 0 Å².